The van der Waals surface area contributed by atoms with Crippen LogP contribution in [0.25, 0.3) is 11.3 Å². The van der Waals surface area contributed by atoms with Crippen molar-refractivity contribution in [2.24, 2.45) is 17.8 Å². The summed E-state index contributed by atoms with van der Waals surface area (Å²) in [7, 11) is 1.39. The number of nitrogens with one attached hydrogen (secondary N) is 1. The zero-order valence-electron chi connectivity index (χ0n) is 14.2. The van der Waals surface area contributed by atoms with Gasteiger partial charge in [0.05, 0.1) is 25.6 Å². The fourth-order valence-electron chi connectivity index (χ4n) is 4.40. The highest BCUT2D eigenvalue weighted by Crippen LogP contribution is 2.47. The molecule has 3 aliphatic rings. The third-order valence-electron chi connectivity index (χ3n) is 5.61. The monoisotopic (exact) mass is 379 g/mol. The first-order chi connectivity index (χ1) is 12.6. The van der Waals surface area contributed by atoms with Crippen LogP contribution in [0.5, 0.6) is 0 Å². The summed E-state index contributed by atoms with van der Waals surface area (Å²) in [4.78, 5) is 20.3. The molecule has 3 fully saturated rings. The number of anilines is 1. The van der Waals surface area contributed by atoms with Crippen molar-refractivity contribution in [2.75, 3.05) is 12.4 Å². The Labute approximate surface area is 155 Å². The molecule has 0 radical (unpaired) electrons. The molecule has 2 aromatic rings. The van der Waals surface area contributed by atoms with E-state index in [0.29, 0.717) is 5.56 Å². The van der Waals surface area contributed by atoms with Crippen molar-refractivity contribution in [1.82, 2.24) is 9.97 Å². The Hall–Kier alpha value is -2.15. The Morgan fingerprint density at radius 1 is 1.31 bits per heavy atom. The van der Waals surface area contributed by atoms with E-state index >= 15 is 4.39 Å². The van der Waals surface area contributed by atoms with Gasteiger partial charge in [-0.25, -0.2) is 9.37 Å². The molecule has 26 heavy (non-hydrogen) atoms. The van der Waals surface area contributed by atoms with Crippen molar-refractivity contribution < 1.29 is 18.3 Å². The smallest absolute Gasteiger partial charge is 0.311 e. The molecule has 0 amide bonds. The number of ether oxygens (including phenoxy) is 1. The Morgan fingerprint density at radius 3 is 2.69 bits per heavy atom. The molecule has 3 aliphatic carbocycles. The summed E-state index contributed by atoms with van der Waals surface area (Å²) < 4.78 is 25.0. The van der Waals surface area contributed by atoms with E-state index in [9.17, 15) is 4.79 Å². The molecule has 2 atom stereocenters. The van der Waals surface area contributed by atoms with Crippen LogP contribution in [0.2, 0.25) is 5.28 Å². The van der Waals surface area contributed by atoms with Crippen molar-refractivity contribution in [3.8, 4) is 11.3 Å². The van der Waals surface area contributed by atoms with Crippen LogP contribution >= 0.6 is 11.6 Å². The van der Waals surface area contributed by atoms with Crippen molar-refractivity contribution in [2.45, 2.75) is 31.7 Å². The van der Waals surface area contributed by atoms with Gasteiger partial charge >= 0.3 is 5.97 Å². The lowest BCUT2D eigenvalue weighted by Crippen LogP contribution is -2.52. The van der Waals surface area contributed by atoms with Crippen LogP contribution in [-0.4, -0.2) is 29.1 Å². The van der Waals surface area contributed by atoms with Crippen molar-refractivity contribution in [3.63, 3.8) is 0 Å². The lowest BCUT2D eigenvalue weighted by molar-refractivity contribution is -0.152. The third kappa shape index (κ3) is 2.94. The van der Waals surface area contributed by atoms with Crippen LogP contribution in [0.4, 0.5) is 10.2 Å². The number of fused-ring (bicyclic) bond motifs is 3. The number of furan rings is 1. The fourth-order valence-corrected chi connectivity index (χ4v) is 4.57. The average molecular weight is 380 g/mol. The Kier molecular flexibility index (Phi) is 4.56. The van der Waals surface area contributed by atoms with Crippen LogP contribution in [0.3, 0.4) is 0 Å². The largest absolute Gasteiger partial charge is 0.472 e. The fraction of sp³-hybridized carbons (Fsp3) is 0.500. The lowest BCUT2D eigenvalue weighted by Gasteiger charge is -2.47. The maximum Gasteiger partial charge on any atom is 0.311 e. The maximum atomic E-state index is 15.0. The number of esters is 1. The molecule has 2 heterocycles. The number of carbonyl (C=O) groups excluding carboxylic acids is 1. The number of carbonyl (C=O) groups is 1. The minimum atomic E-state index is -0.610. The Balaban J connectivity index is 1.69. The number of nitrogens with zero attached hydrogens (tertiary/aromatic N) is 2. The van der Waals surface area contributed by atoms with Gasteiger partial charge in [-0.3, -0.25) is 4.79 Å². The summed E-state index contributed by atoms with van der Waals surface area (Å²) in [6.45, 7) is 0. The van der Waals surface area contributed by atoms with E-state index in [1.807, 2.05) is 0 Å². The molecule has 2 bridgehead atoms. The number of methoxy groups -OCH3 is 1. The second-order valence-electron chi connectivity index (χ2n) is 6.91. The molecular weight excluding hydrogens is 361 g/mol. The third-order valence-corrected chi connectivity index (χ3v) is 5.78. The molecule has 3 saturated carbocycles. The summed E-state index contributed by atoms with van der Waals surface area (Å²) in [5.74, 6) is -0.646. The normalized spacial score (nSPS) is 27.3. The van der Waals surface area contributed by atoms with Gasteiger partial charge in [0.15, 0.2) is 11.6 Å². The number of halogens is 2. The van der Waals surface area contributed by atoms with E-state index in [-0.39, 0.29) is 46.6 Å². The minimum Gasteiger partial charge on any atom is -0.472 e. The van der Waals surface area contributed by atoms with Crippen LogP contribution in [0.1, 0.15) is 25.7 Å². The van der Waals surface area contributed by atoms with Crippen LogP contribution < -0.4 is 5.32 Å². The predicted molar refractivity (Wildman–Crippen MR) is 93.1 cm³/mol. The summed E-state index contributed by atoms with van der Waals surface area (Å²) in [5.41, 5.74) is 0.543. The molecule has 6 nitrogen and oxygen atoms in total. The summed E-state index contributed by atoms with van der Waals surface area (Å²) >= 11 is 6.01. The van der Waals surface area contributed by atoms with E-state index < -0.39 is 5.82 Å². The SMILES string of the molecule is COC(=O)C1C2CCC(CC2)C1Nc1nc(Cl)nc(-c2ccoc2)c1F. The number of rotatable bonds is 4. The van der Waals surface area contributed by atoms with E-state index in [1.54, 1.807) is 6.07 Å². The van der Waals surface area contributed by atoms with Gasteiger partial charge in [-0.1, -0.05) is 0 Å². The molecule has 0 spiro atoms. The average Bonchev–Trinajstić information content (AvgIpc) is 3.19. The van der Waals surface area contributed by atoms with E-state index in [1.165, 1.54) is 19.6 Å². The maximum absolute atomic E-state index is 15.0. The van der Waals surface area contributed by atoms with Gasteiger partial charge in [-0.05, 0) is 55.2 Å². The lowest BCUT2D eigenvalue weighted by atomic mass is 9.61. The van der Waals surface area contributed by atoms with E-state index in [2.05, 4.69) is 15.3 Å². The van der Waals surface area contributed by atoms with Gasteiger partial charge < -0.3 is 14.5 Å². The van der Waals surface area contributed by atoms with Crippen LogP contribution in [0.15, 0.2) is 23.0 Å². The zero-order valence-corrected chi connectivity index (χ0v) is 15.0. The summed E-state index contributed by atoms with van der Waals surface area (Å²) in [5, 5.41) is 3.08. The van der Waals surface area contributed by atoms with Crippen molar-refractivity contribution in [3.05, 3.63) is 29.7 Å². The summed E-state index contributed by atoms with van der Waals surface area (Å²) in [6.07, 6.45) is 6.83. The first kappa shape index (κ1) is 17.3. The predicted octanol–water partition coefficient (Wildman–Crippen LogP) is 3.92. The Morgan fingerprint density at radius 2 is 2.04 bits per heavy atom. The molecule has 138 valence electrons. The van der Waals surface area contributed by atoms with Gasteiger partial charge in [0.2, 0.25) is 5.28 Å². The number of hydrogen-bond donors (Lipinski definition) is 1. The summed E-state index contributed by atoms with van der Waals surface area (Å²) in [6, 6.07) is 1.37. The van der Waals surface area contributed by atoms with Gasteiger partial charge in [-0.15, -0.1) is 0 Å². The molecule has 1 N–H and O–H groups in total. The second-order valence-corrected chi connectivity index (χ2v) is 7.25. The van der Waals surface area contributed by atoms with E-state index in [4.69, 9.17) is 20.8 Å². The molecule has 0 saturated heterocycles. The highest BCUT2D eigenvalue weighted by molar-refractivity contribution is 6.28. The number of hydrogen-bond acceptors (Lipinski definition) is 6. The highest BCUT2D eigenvalue weighted by atomic mass is 35.5. The van der Waals surface area contributed by atoms with Crippen molar-refractivity contribution >= 4 is 23.4 Å². The topological polar surface area (TPSA) is 77.2 Å². The molecular formula is C18H19ClFN3O3. The second kappa shape index (κ2) is 6.87. The van der Waals surface area contributed by atoms with Crippen molar-refractivity contribution in [1.29, 1.82) is 0 Å². The molecule has 8 heteroatoms. The zero-order chi connectivity index (χ0) is 18.3. The van der Waals surface area contributed by atoms with E-state index in [0.717, 1.165) is 25.7 Å². The van der Waals surface area contributed by atoms with Gasteiger partial charge in [-0.2, -0.15) is 4.98 Å². The molecule has 5 rings (SSSR count). The molecule has 2 aromatic heterocycles. The quantitative estimate of drug-likeness (QED) is 0.641. The first-order valence-corrected chi connectivity index (χ1v) is 9.06. The Bertz CT molecular complexity index is 806. The van der Waals surface area contributed by atoms with Crippen LogP contribution in [0, 0.1) is 23.6 Å². The molecule has 0 aliphatic heterocycles. The van der Waals surface area contributed by atoms with Gasteiger partial charge in [0, 0.05) is 11.6 Å². The first-order valence-electron chi connectivity index (χ1n) is 8.68. The minimum absolute atomic E-state index is 0.00709. The number of aromatic nitrogens is 2. The molecule has 2 unspecified atom stereocenters. The van der Waals surface area contributed by atoms with Gasteiger partial charge in [0.25, 0.3) is 0 Å². The highest BCUT2D eigenvalue weighted by Gasteiger charge is 2.48. The van der Waals surface area contributed by atoms with Crippen LogP contribution in [-0.2, 0) is 9.53 Å². The van der Waals surface area contributed by atoms with Gasteiger partial charge in [0.1, 0.15) is 5.69 Å². The standard InChI is InChI=1S/C18H19ClFN3O3/c1-25-17(24)12-9-2-4-10(5-3-9)14(12)21-16-13(20)15(22-18(19)23-16)11-6-7-26-8-11/h6-10,12,14H,2-5H2,1H3,(H,21,22,23). The molecule has 0 aromatic carbocycles.